The van der Waals surface area contributed by atoms with Crippen LogP contribution in [0.5, 0.6) is 0 Å². The smallest absolute Gasteiger partial charge is 0.309 e. The molecule has 0 saturated heterocycles. The molecule has 0 aromatic heterocycles. The van der Waals surface area contributed by atoms with Crippen molar-refractivity contribution in [1.29, 1.82) is 0 Å². The van der Waals surface area contributed by atoms with Gasteiger partial charge in [-0.05, 0) is 31.7 Å². The molecule has 3 nitrogen and oxygen atoms in total. The molecule has 1 saturated carbocycles. The highest BCUT2D eigenvalue weighted by Gasteiger charge is 2.32. The van der Waals surface area contributed by atoms with E-state index >= 15 is 0 Å². The lowest BCUT2D eigenvalue weighted by atomic mass is 9.96. The van der Waals surface area contributed by atoms with Crippen LogP contribution in [0.15, 0.2) is 0 Å². The van der Waals surface area contributed by atoms with E-state index in [0.29, 0.717) is 19.1 Å². The fraction of sp³-hybridized carbons (Fsp3) is 0.933. The van der Waals surface area contributed by atoms with Crippen molar-refractivity contribution in [2.24, 2.45) is 17.6 Å². The summed E-state index contributed by atoms with van der Waals surface area (Å²) >= 11 is 0. The third-order valence-electron chi connectivity index (χ3n) is 4.01. The van der Waals surface area contributed by atoms with E-state index in [2.05, 4.69) is 6.92 Å². The Morgan fingerprint density at radius 2 is 1.89 bits per heavy atom. The van der Waals surface area contributed by atoms with Gasteiger partial charge in [0.2, 0.25) is 0 Å². The van der Waals surface area contributed by atoms with E-state index in [1.165, 1.54) is 32.1 Å². The number of carbonyl (C=O) groups excluding carboxylic acids is 1. The summed E-state index contributed by atoms with van der Waals surface area (Å²) in [5, 5.41) is 0. The Bertz CT molecular complexity index is 231. The van der Waals surface area contributed by atoms with Gasteiger partial charge >= 0.3 is 5.97 Å². The van der Waals surface area contributed by atoms with Crippen LogP contribution in [0.1, 0.15) is 64.7 Å². The van der Waals surface area contributed by atoms with Gasteiger partial charge in [-0.15, -0.1) is 0 Å². The molecule has 0 aromatic rings. The Balaban J connectivity index is 2.03. The lowest BCUT2D eigenvalue weighted by Crippen LogP contribution is -2.27. The fourth-order valence-electron chi connectivity index (χ4n) is 2.79. The number of carbonyl (C=O) groups is 1. The van der Waals surface area contributed by atoms with Gasteiger partial charge in [-0.3, -0.25) is 4.79 Å². The standard InChI is InChI=1S/C15H29NO2/c1-2-3-4-5-6-7-11-18-15(17)14-10-8-9-13(14)12-16/h13-14H,2-12,16H2,1H3. The molecule has 3 heteroatoms. The Kier molecular flexibility index (Phi) is 8.06. The predicted octanol–water partition coefficient (Wildman–Crippen LogP) is 3.27. The van der Waals surface area contributed by atoms with Gasteiger partial charge < -0.3 is 10.5 Å². The maximum atomic E-state index is 11.9. The minimum absolute atomic E-state index is 0.00323. The minimum atomic E-state index is -0.00323. The summed E-state index contributed by atoms with van der Waals surface area (Å²) in [5.41, 5.74) is 5.68. The van der Waals surface area contributed by atoms with Gasteiger partial charge in [0, 0.05) is 0 Å². The molecule has 1 fully saturated rings. The minimum Gasteiger partial charge on any atom is -0.465 e. The summed E-state index contributed by atoms with van der Waals surface area (Å²) in [6, 6.07) is 0. The average molecular weight is 255 g/mol. The number of esters is 1. The van der Waals surface area contributed by atoms with Crippen LogP contribution in [0.25, 0.3) is 0 Å². The largest absolute Gasteiger partial charge is 0.465 e. The summed E-state index contributed by atoms with van der Waals surface area (Å²) in [6.45, 7) is 3.44. The number of nitrogens with two attached hydrogens (primary N) is 1. The molecule has 0 bridgehead atoms. The highest BCUT2D eigenvalue weighted by atomic mass is 16.5. The van der Waals surface area contributed by atoms with Crippen molar-refractivity contribution >= 4 is 5.97 Å². The summed E-state index contributed by atoms with van der Waals surface area (Å²) in [5.74, 6) is 0.439. The molecule has 0 aliphatic heterocycles. The van der Waals surface area contributed by atoms with Crippen LogP contribution in [0.4, 0.5) is 0 Å². The molecule has 2 unspecified atom stereocenters. The molecule has 1 aliphatic carbocycles. The summed E-state index contributed by atoms with van der Waals surface area (Å²) in [7, 11) is 0. The molecule has 18 heavy (non-hydrogen) atoms. The molecular formula is C15H29NO2. The molecule has 1 aliphatic rings. The lowest BCUT2D eigenvalue weighted by Gasteiger charge is -2.16. The predicted molar refractivity (Wildman–Crippen MR) is 74.2 cm³/mol. The quantitative estimate of drug-likeness (QED) is 0.508. The first-order chi connectivity index (χ1) is 8.79. The van der Waals surface area contributed by atoms with Gasteiger partial charge in [0.15, 0.2) is 0 Å². The molecule has 0 amide bonds. The second kappa shape index (κ2) is 9.37. The zero-order valence-electron chi connectivity index (χ0n) is 11.8. The number of rotatable bonds is 9. The molecule has 2 N–H and O–H groups in total. The van der Waals surface area contributed by atoms with Crippen LogP contribution in [0.3, 0.4) is 0 Å². The zero-order chi connectivity index (χ0) is 13.2. The van der Waals surface area contributed by atoms with Gasteiger partial charge in [0.1, 0.15) is 0 Å². The molecule has 0 spiro atoms. The summed E-state index contributed by atoms with van der Waals surface area (Å²) in [4.78, 5) is 11.9. The Hall–Kier alpha value is -0.570. The van der Waals surface area contributed by atoms with Crippen LogP contribution < -0.4 is 5.73 Å². The molecule has 1 rings (SSSR count). The van der Waals surface area contributed by atoms with Crippen molar-refractivity contribution < 1.29 is 9.53 Å². The Morgan fingerprint density at radius 1 is 1.17 bits per heavy atom. The topological polar surface area (TPSA) is 52.3 Å². The van der Waals surface area contributed by atoms with Crippen LogP contribution in [-0.4, -0.2) is 19.1 Å². The second-order valence-electron chi connectivity index (χ2n) is 5.47. The number of unbranched alkanes of at least 4 members (excludes halogenated alkanes) is 5. The molecule has 2 atom stereocenters. The van der Waals surface area contributed by atoms with E-state index in [4.69, 9.17) is 10.5 Å². The van der Waals surface area contributed by atoms with Crippen LogP contribution in [-0.2, 0) is 9.53 Å². The monoisotopic (exact) mass is 255 g/mol. The van der Waals surface area contributed by atoms with E-state index < -0.39 is 0 Å². The molecule has 0 aromatic carbocycles. The summed E-state index contributed by atoms with van der Waals surface area (Å²) < 4.78 is 5.37. The lowest BCUT2D eigenvalue weighted by molar-refractivity contribution is -0.149. The highest BCUT2D eigenvalue weighted by molar-refractivity contribution is 5.73. The third-order valence-corrected chi connectivity index (χ3v) is 4.01. The van der Waals surface area contributed by atoms with E-state index in [-0.39, 0.29) is 11.9 Å². The first-order valence-corrected chi connectivity index (χ1v) is 7.66. The average Bonchev–Trinajstić information content (AvgIpc) is 2.85. The molecule has 0 heterocycles. The Labute approximate surface area is 111 Å². The first kappa shape index (κ1) is 15.5. The summed E-state index contributed by atoms with van der Waals surface area (Å²) in [6.07, 6.45) is 10.5. The van der Waals surface area contributed by atoms with Gasteiger partial charge in [-0.1, -0.05) is 45.4 Å². The second-order valence-corrected chi connectivity index (χ2v) is 5.47. The van der Waals surface area contributed by atoms with Crippen molar-refractivity contribution in [3.63, 3.8) is 0 Å². The van der Waals surface area contributed by atoms with Gasteiger partial charge in [0.05, 0.1) is 12.5 Å². The fourth-order valence-corrected chi connectivity index (χ4v) is 2.79. The van der Waals surface area contributed by atoms with Gasteiger partial charge in [-0.2, -0.15) is 0 Å². The van der Waals surface area contributed by atoms with E-state index in [9.17, 15) is 4.79 Å². The Morgan fingerprint density at radius 3 is 2.61 bits per heavy atom. The van der Waals surface area contributed by atoms with Gasteiger partial charge in [-0.25, -0.2) is 0 Å². The number of hydrogen-bond acceptors (Lipinski definition) is 3. The zero-order valence-corrected chi connectivity index (χ0v) is 11.8. The molecule has 0 radical (unpaired) electrons. The van der Waals surface area contributed by atoms with Crippen molar-refractivity contribution in [2.45, 2.75) is 64.7 Å². The number of ether oxygens (including phenoxy) is 1. The normalized spacial score (nSPS) is 23.2. The van der Waals surface area contributed by atoms with Crippen molar-refractivity contribution in [3.8, 4) is 0 Å². The van der Waals surface area contributed by atoms with Gasteiger partial charge in [0.25, 0.3) is 0 Å². The van der Waals surface area contributed by atoms with Crippen molar-refractivity contribution in [1.82, 2.24) is 0 Å². The third kappa shape index (κ3) is 5.38. The van der Waals surface area contributed by atoms with Crippen LogP contribution >= 0.6 is 0 Å². The van der Waals surface area contributed by atoms with Crippen molar-refractivity contribution in [3.05, 3.63) is 0 Å². The molecular weight excluding hydrogens is 226 g/mol. The van der Waals surface area contributed by atoms with E-state index in [1.54, 1.807) is 0 Å². The van der Waals surface area contributed by atoms with E-state index in [1.807, 2.05) is 0 Å². The number of hydrogen-bond donors (Lipinski definition) is 1. The highest BCUT2D eigenvalue weighted by Crippen LogP contribution is 2.31. The molecule has 106 valence electrons. The van der Waals surface area contributed by atoms with Crippen molar-refractivity contribution in [2.75, 3.05) is 13.2 Å². The van der Waals surface area contributed by atoms with Crippen LogP contribution in [0.2, 0.25) is 0 Å². The first-order valence-electron chi connectivity index (χ1n) is 7.66. The van der Waals surface area contributed by atoms with E-state index in [0.717, 1.165) is 25.7 Å². The van der Waals surface area contributed by atoms with Crippen LogP contribution in [0, 0.1) is 11.8 Å². The maximum absolute atomic E-state index is 11.9. The SMILES string of the molecule is CCCCCCCCOC(=O)C1CCCC1CN. The maximum Gasteiger partial charge on any atom is 0.309 e.